The third-order valence-corrected chi connectivity index (χ3v) is 6.30. The highest BCUT2D eigenvalue weighted by Crippen LogP contribution is 2.24. The van der Waals surface area contributed by atoms with E-state index in [1.165, 1.54) is 0 Å². The molecule has 2 heterocycles. The summed E-state index contributed by atoms with van der Waals surface area (Å²) in [5.74, 6) is -0.627. The van der Waals surface area contributed by atoms with Crippen molar-refractivity contribution in [3.63, 3.8) is 0 Å². The number of ether oxygens (including phenoxy) is 1. The van der Waals surface area contributed by atoms with Gasteiger partial charge in [0.15, 0.2) is 10.5 Å². The summed E-state index contributed by atoms with van der Waals surface area (Å²) in [7, 11) is -0.896. The van der Waals surface area contributed by atoms with Gasteiger partial charge in [-0.3, -0.25) is 15.0 Å². The van der Waals surface area contributed by atoms with Gasteiger partial charge in [0.25, 0.3) is 0 Å². The van der Waals surface area contributed by atoms with Crippen molar-refractivity contribution in [3.8, 4) is 0 Å². The van der Waals surface area contributed by atoms with Crippen LogP contribution >= 0.6 is 0 Å². The molecule has 0 amide bonds. The highest BCUT2D eigenvalue weighted by Gasteiger charge is 2.31. The van der Waals surface area contributed by atoms with Gasteiger partial charge in [-0.25, -0.2) is 4.79 Å². The maximum Gasteiger partial charge on any atom is 0.351 e. The standard InChI is InChI=1S/C24H30N4O4S/c1-6-32-23(29)22(33(30)31)21(13-16(2)3)28(5)18-9-7-17(8-10-18)14-24(4)26-19-11-12-25-15-20(19)27-24/h7-12,15-16,21H,6,13-14H2,1-5H3. The molecule has 2 unspecified atom stereocenters. The zero-order valence-corrected chi connectivity index (χ0v) is 20.5. The minimum Gasteiger partial charge on any atom is -0.462 e. The summed E-state index contributed by atoms with van der Waals surface area (Å²) in [6.07, 6.45) is 4.53. The molecule has 0 aliphatic carbocycles. The molecule has 33 heavy (non-hydrogen) atoms. The van der Waals surface area contributed by atoms with E-state index in [-0.39, 0.29) is 17.4 Å². The Morgan fingerprint density at radius 1 is 1.12 bits per heavy atom. The molecule has 3 rings (SSSR count). The Morgan fingerprint density at radius 3 is 2.36 bits per heavy atom. The molecule has 1 aliphatic rings. The van der Waals surface area contributed by atoms with Crippen LogP contribution in [0.5, 0.6) is 0 Å². The van der Waals surface area contributed by atoms with Crippen molar-refractivity contribution in [1.29, 1.82) is 0 Å². The lowest BCUT2D eigenvalue weighted by atomic mass is 9.98. The number of aromatic nitrogens is 1. The molecule has 0 spiro atoms. The molecule has 0 fully saturated rings. The minimum atomic E-state index is -2.69. The molecular formula is C24H30N4O4S. The molecule has 176 valence electrons. The summed E-state index contributed by atoms with van der Waals surface area (Å²) in [5, 5.41) is 1.63. The molecule has 8 nitrogen and oxygen atoms in total. The predicted molar refractivity (Wildman–Crippen MR) is 127 cm³/mol. The summed E-state index contributed by atoms with van der Waals surface area (Å²) in [5.41, 5.74) is 1.25. The van der Waals surface area contributed by atoms with Gasteiger partial charge in [-0.15, -0.1) is 0 Å². The summed E-state index contributed by atoms with van der Waals surface area (Å²) < 4.78 is 28.9. The Morgan fingerprint density at radius 2 is 1.79 bits per heavy atom. The summed E-state index contributed by atoms with van der Waals surface area (Å²) in [4.78, 5) is 27.5. The monoisotopic (exact) mass is 470 g/mol. The Bertz CT molecular complexity index is 1230. The first-order valence-corrected chi connectivity index (χ1v) is 12.1. The number of rotatable bonds is 9. The number of carbonyl (C=O) groups excluding carboxylic acids is 1. The molecule has 1 aromatic heterocycles. The highest BCUT2D eigenvalue weighted by molar-refractivity contribution is 7.75. The Hall–Kier alpha value is -3.07. The lowest BCUT2D eigenvalue weighted by Crippen LogP contribution is -2.44. The second-order valence-electron chi connectivity index (χ2n) is 8.72. The van der Waals surface area contributed by atoms with Crippen molar-refractivity contribution in [1.82, 2.24) is 4.98 Å². The smallest absolute Gasteiger partial charge is 0.351 e. The number of esters is 1. The van der Waals surface area contributed by atoms with Crippen molar-refractivity contribution < 1.29 is 17.9 Å². The number of hydrogen-bond acceptors (Lipinski definition) is 8. The van der Waals surface area contributed by atoms with Crippen LogP contribution in [0.2, 0.25) is 0 Å². The second-order valence-corrected chi connectivity index (χ2v) is 9.63. The van der Waals surface area contributed by atoms with Gasteiger partial charge < -0.3 is 9.64 Å². The maximum absolute atomic E-state index is 12.4. The first kappa shape index (κ1) is 24.6. The summed E-state index contributed by atoms with van der Waals surface area (Å²) >= 11 is 0. The van der Waals surface area contributed by atoms with Crippen molar-refractivity contribution in [3.05, 3.63) is 59.0 Å². The SMILES string of the molecule is CCOC(=O)C(C(CC(C)C)N(C)c1ccc(CC2(C)N=c3ccncc3=N2)cc1)=S(=O)=O. The van der Waals surface area contributed by atoms with Gasteiger partial charge in [-0.1, -0.05) is 26.0 Å². The molecule has 2 aromatic rings. The van der Waals surface area contributed by atoms with Crippen LogP contribution in [-0.4, -0.2) is 49.6 Å². The summed E-state index contributed by atoms with van der Waals surface area (Å²) in [6.45, 7) is 7.73. The molecule has 9 heteroatoms. The van der Waals surface area contributed by atoms with Crippen LogP contribution in [0.25, 0.3) is 0 Å². The number of fused-ring (bicyclic) bond motifs is 1. The maximum atomic E-state index is 12.4. The fraction of sp³-hybridized carbons (Fsp3) is 0.458. The zero-order valence-electron chi connectivity index (χ0n) is 19.6. The van der Waals surface area contributed by atoms with Crippen molar-refractivity contribution in [2.24, 2.45) is 15.9 Å². The topological polar surface area (TPSA) is 101 Å². The van der Waals surface area contributed by atoms with Crippen molar-refractivity contribution >= 4 is 26.8 Å². The Kier molecular flexibility index (Phi) is 7.63. The van der Waals surface area contributed by atoms with E-state index in [1.807, 2.05) is 56.0 Å². The second kappa shape index (κ2) is 10.2. The Balaban J connectivity index is 1.85. The molecule has 0 N–H and O–H groups in total. The predicted octanol–water partition coefficient (Wildman–Crippen LogP) is 1.76. The van der Waals surface area contributed by atoms with Gasteiger partial charge in [0.1, 0.15) is 5.36 Å². The third-order valence-electron chi connectivity index (χ3n) is 5.50. The van der Waals surface area contributed by atoms with E-state index in [2.05, 4.69) is 4.98 Å². The van der Waals surface area contributed by atoms with Gasteiger partial charge in [0.05, 0.1) is 24.2 Å². The molecule has 1 aliphatic heterocycles. The van der Waals surface area contributed by atoms with Gasteiger partial charge >= 0.3 is 5.97 Å². The number of benzene rings is 1. The first-order valence-electron chi connectivity index (χ1n) is 11.0. The zero-order chi connectivity index (χ0) is 24.2. The largest absolute Gasteiger partial charge is 0.462 e. The first-order chi connectivity index (χ1) is 15.6. The molecule has 0 saturated heterocycles. The number of hydrogen-bond donors (Lipinski definition) is 0. The third kappa shape index (κ3) is 5.84. The van der Waals surface area contributed by atoms with Crippen LogP contribution in [0.15, 0.2) is 52.7 Å². The van der Waals surface area contributed by atoms with Gasteiger partial charge in [-0.2, -0.15) is 8.42 Å². The van der Waals surface area contributed by atoms with Gasteiger partial charge in [0, 0.05) is 25.4 Å². The Labute approximate surface area is 195 Å². The van der Waals surface area contributed by atoms with E-state index in [1.54, 1.807) is 26.4 Å². The van der Waals surface area contributed by atoms with Crippen LogP contribution in [0.3, 0.4) is 0 Å². The highest BCUT2D eigenvalue weighted by atomic mass is 32.2. The van der Waals surface area contributed by atoms with Crippen LogP contribution in [0, 0.1) is 5.92 Å². The van der Waals surface area contributed by atoms with Crippen molar-refractivity contribution in [2.75, 3.05) is 18.6 Å². The van der Waals surface area contributed by atoms with Crippen LogP contribution in [-0.2, 0) is 26.2 Å². The molecular weight excluding hydrogens is 440 g/mol. The fourth-order valence-corrected chi connectivity index (χ4v) is 4.67. The number of anilines is 1. The van der Waals surface area contributed by atoms with Crippen molar-refractivity contribution in [2.45, 2.75) is 52.2 Å². The average molecular weight is 471 g/mol. The normalized spacial score (nSPS) is 17.5. The van der Waals surface area contributed by atoms with Gasteiger partial charge in [0.2, 0.25) is 10.3 Å². The van der Waals surface area contributed by atoms with E-state index in [4.69, 9.17) is 14.7 Å². The molecule has 0 saturated carbocycles. The molecule has 2 atom stereocenters. The lowest BCUT2D eigenvalue weighted by molar-refractivity contribution is -0.135. The van der Waals surface area contributed by atoms with E-state index in [0.29, 0.717) is 12.8 Å². The molecule has 0 radical (unpaired) electrons. The van der Waals surface area contributed by atoms with E-state index >= 15 is 0 Å². The van der Waals surface area contributed by atoms with Crippen LogP contribution in [0.1, 0.15) is 39.7 Å². The average Bonchev–Trinajstić information content (AvgIpc) is 3.08. The number of pyridine rings is 1. The van der Waals surface area contributed by atoms with E-state index < -0.39 is 28.0 Å². The number of nitrogens with zero attached hydrogens (tertiary/aromatic N) is 4. The van der Waals surface area contributed by atoms with E-state index in [9.17, 15) is 13.2 Å². The van der Waals surface area contributed by atoms with Crippen LogP contribution < -0.4 is 15.6 Å². The minimum absolute atomic E-state index is 0.112. The summed E-state index contributed by atoms with van der Waals surface area (Å²) in [6, 6.07) is 9.03. The van der Waals surface area contributed by atoms with Crippen LogP contribution in [0.4, 0.5) is 5.69 Å². The van der Waals surface area contributed by atoms with Gasteiger partial charge in [-0.05, 0) is 49.9 Å². The number of carbonyl (C=O) groups is 1. The van der Waals surface area contributed by atoms with E-state index in [0.717, 1.165) is 22.0 Å². The quantitative estimate of drug-likeness (QED) is 0.409. The lowest BCUT2D eigenvalue weighted by Gasteiger charge is -2.31. The molecule has 1 aromatic carbocycles. The molecule has 0 bridgehead atoms. The fourth-order valence-electron chi connectivity index (χ4n) is 4.00.